The number of methoxy groups -OCH3 is 1. The van der Waals surface area contributed by atoms with Gasteiger partial charge >= 0.3 is 5.97 Å². The van der Waals surface area contributed by atoms with E-state index in [-0.39, 0.29) is 5.76 Å². The Balaban J connectivity index is 1.51. The Kier molecular flexibility index (Phi) is 7.93. The lowest BCUT2D eigenvalue weighted by Crippen LogP contribution is -2.45. The molecule has 4 heterocycles. The van der Waals surface area contributed by atoms with Crippen molar-refractivity contribution in [3.8, 4) is 27.5 Å². The Labute approximate surface area is 235 Å². The Hall–Kier alpha value is -2.69. The van der Waals surface area contributed by atoms with Gasteiger partial charge in [0.1, 0.15) is 34.4 Å². The van der Waals surface area contributed by atoms with Crippen molar-refractivity contribution in [2.24, 2.45) is 0 Å². The topological polar surface area (TPSA) is 80.9 Å². The molecular formula is C27H28Cl2N4O4S. The van der Waals surface area contributed by atoms with E-state index in [0.29, 0.717) is 44.1 Å². The van der Waals surface area contributed by atoms with Crippen molar-refractivity contribution in [1.82, 2.24) is 19.8 Å². The van der Waals surface area contributed by atoms with Gasteiger partial charge in [-0.25, -0.2) is 14.8 Å². The lowest BCUT2D eigenvalue weighted by Gasteiger charge is -2.32. The first-order chi connectivity index (χ1) is 18.3. The number of rotatable bonds is 7. The summed E-state index contributed by atoms with van der Waals surface area (Å²) in [5, 5.41) is 1.56. The number of nitrogens with zero attached hydrogens (tertiary/aromatic N) is 4. The molecule has 1 aromatic carbocycles. The van der Waals surface area contributed by atoms with Crippen LogP contribution in [-0.4, -0.2) is 79.2 Å². The Morgan fingerprint density at radius 3 is 2.66 bits per heavy atom. The van der Waals surface area contributed by atoms with Crippen molar-refractivity contribution >= 4 is 50.7 Å². The first-order valence-electron chi connectivity index (χ1n) is 12.2. The molecule has 8 nitrogen and oxygen atoms in total. The summed E-state index contributed by atoms with van der Waals surface area (Å²) in [6.45, 7) is 9.34. The molecule has 0 spiro atoms. The number of esters is 1. The summed E-state index contributed by atoms with van der Waals surface area (Å²) >= 11 is 14.8. The van der Waals surface area contributed by atoms with E-state index in [1.807, 2.05) is 25.1 Å². The highest BCUT2D eigenvalue weighted by Crippen LogP contribution is 2.49. The van der Waals surface area contributed by atoms with Crippen molar-refractivity contribution in [2.45, 2.75) is 13.8 Å². The molecule has 0 N–H and O–H groups in total. The molecule has 1 aliphatic heterocycles. The SMILES string of the molecule is COC(=O)c1oc(-c2sc3ncnc(Cl)c3c2-c2ccc(OCCN3CCN(C)CC3)c(Cl)c2C)cc1C. The second-order valence-corrected chi connectivity index (χ2v) is 11.0. The second-order valence-electron chi connectivity index (χ2n) is 9.31. The highest BCUT2D eigenvalue weighted by molar-refractivity contribution is 7.22. The van der Waals surface area contributed by atoms with Gasteiger partial charge in [0.15, 0.2) is 0 Å². The van der Waals surface area contributed by atoms with Crippen LogP contribution in [0, 0.1) is 13.8 Å². The molecule has 0 saturated carbocycles. The normalized spacial score (nSPS) is 14.8. The molecule has 0 radical (unpaired) electrons. The molecule has 0 unspecified atom stereocenters. The zero-order valence-electron chi connectivity index (χ0n) is 21.6. The van der Waals surface area contributed by atoms with Crippen LogP contribution in [0.15, 0.2) is 28.9 Å². The number of ether oxygens (including phenoxy) is 2. The first-order valence-corrected chi connectivity index (χ1v) is 13.8. The third-order valence-corrected chi connectivity index (χ3v) is 8.70. The van der Waals surface area contributed by atoms with Gasteiger partial charge in [0.05, 0.1) is 22.4 Å². The van der Waals surface area contributed by atoms with Crippen LogP contribution < -0.4 is 4.74 Å². The van der Waals surface area contributed by atoms with Crippen LogP contribution in [0.3, 0.4) is 0 Å². The molecule has 0 bridgehead atoms. The molecule has 0 atom stereocenters. The molecule has 5 rings (SSSR count). The van der Waals surface area contributed by atoms with Crippen LogP contribution in [-0.2, 0) is 4.74 Å². The number of hydrogen-bond donors (Lipinski definition) is 0. The zero-order valence-corrected chi connectivity index (χ0v) is 24.0. The fourth-order valence-electron chi connectivity index (χ4n) is 4.62. The van der Waals surface area contributed by atoms with Crippen LogP contribution in [0.2, 0.25) is 10.2 Å². The van der Waals surface area contributed by atoms with E-state index in [1.54, 1.807) is 6.92 Å². The summed E-state index contributed by atoms with van der Waals surface area (Å²) in [6.07, 6.45) is 1.43. The van der Waals surface area contributed by atoms with E-state index in [2.05, 4.69) is 26.8 Å². The van der Waals surface area contributed by atoms with Gasteiger partial charge in [0, 0.05) is 43.9 Å². The van der Waals surface area contributed by atoms with Crippen molar-refractivity contribution in [1.29, 1.82) is 0 Å². The van der Waals surface area contributed by atoms with Crippen LogP contribution >= 0.6 is 34.5 Å². The number of thiophene rings is 1. The fourth-order valence-corrected chi connectivity index (χ4v) is 6.23. The summed E-state index contributed by atoms with van der Waals surface area (Å²) in [5.74, 6) is 0.765. The Bertz CT molecular complexity index is 1490. The fraction of sp³-hybridized carbons (Fsp3) is 0.370. The predicted molar refractivity (Wildman–Crippen MR) is 151 cm³/mol. The van der Waals surface area contributed by atoms with Crippen LogP contribution in [0.5, 0.6) is 5.75 Å². The third-order valence-electron chi connectivity index (χ3n) is 6.84. The smallest absolute Gasteiger partial charge is 0.374 e. The standard InChI is InChI=1S/C27H28Cl2N4O4S/c1-15-13-19(37-23(15)27(34)35-4)24-20(21-25(29)30-14-31-26(21)38-24)17-5-6-18(22(28)16(17)2)36-12-11-33-9-7-32(3)8-10-33/h5-6,13-14H,7-12H2,1-4H3. The first kappa shape index (κ1) is 26.9. The zero-order chi connectivity index (χ0) is 27.0. The van der Waals surface area contributed by atoms with Crippen molar-refractivity contribution < 1.29 is 18.7 Å². The van der Waals surface area contributed by atoms with Gasteiger partial charge in [0.2, 0.25) is 5.76 Å². The molecule has 1 aliphatic rings. The third kappa shape index (κ3) is 5.13. The summed E-state index contributed by atoms with van der Waals surface area (Å²) in [4.78, 5) is 27.1. The second kappa shape index (κ2) is 11.2. The number of benzene rings is 1. The molecule has 1 fully saturated rings. The number of hydrogen-bond acceptors (Lipinski definition) is 9. The number of piperazine rings is 1. The monoisotopic (exact) mass is 574 g/mol. The average Bonchev–Trinajstić information content (AvgIpc) is 3.49. The minimum Gasteiger partial charge on any atom is -0.491 e. The molecule has 0 aliphatic carbocycles. The summed E-state index contributed by atoms with van der Waals surface area (Å²) in [7, 11) is 3.47. The van der Waals surface area contributed by atoms with Crippen molar-refractivity contribution in [3.05, 3.63) is 51.6 Å². The molecule has 3 aromatic heterocycles. The maximum Gasteiger partial charge on any atom is 0.374 e. The van der Waals surface area contributed by atoms with Crippen LogP contribution in [0.25, 0.3) is 32.0 Å². The number of halogens is 2. The largest absolute Gasteiger partial charge is 0.491 e. The molecule has 38 heavy (non-hydrogen) atoms. The maximum absolute atomic E-state index is 12.2. The van der Waals surface area contributed by atoms with Crippen LogP contribution in [0.1, 0.15) is 21.7 Å². The van der Waals surface area contributed by atoms with Gasteiger partial charge in [-0.2, -0.15) is 0 Å². The summed E-state index contributed by atoms with van der Waals surface area (Å²) in [5.41, 5.74) is 3.16. The van der Waals surface area contributed by atoms with E-state index in [9.17, 15) is 4.79 Å². The molecular weight excluding hydrogens is 547 g/mol. The van der Waals surface area contributed by atoms with Gasteiger partial charge in [-0.05, 0) is 44.2 Å². The number of aryl methyl sites for hydroxylation is 1. The van der Waals surface area contributed by atoms with Crippen molar-refractivity contribution in [2.75, 3.05) is 53.5 Å². The van der Waals surface area contributed by atoms with E-state index in [1.165, 1.54) is 24.8 Å². The Morgan fingerprint density at radius 1 is 1.16 bits per heavy atom. The summed E-state index contributed by atoms with van der Waals surface area (Å²) in [6, 6.07) is 5.67. The quantitative estimate of drug-likeness (QED) is 0.198. The number of furan rings is 1. The molecule has 4 aromatic rings. The van der Waals surface area contributed by atoms with Crippen molar-refractivity contribution in [3.63, 3.8) is 0 Å². The van der Waals surface area contributed by atoms with E-state index in [4.69, 9.17) is 37.1 Å². The highest BCUT2D eigenvalue weighted by Gasteiger charge is 2.26. The lowest BCUT2D eigenvalue weighted by atomic mass is 9.97. The van der Waals surface area contributed by atoms with E-state index >= 15 is 0 Å². The minimum absolute atomic E-state index is 0.155. The molecule has 11 heteroatoms. The number of fused-ring (bicyclic) bond motifs is 1. The van der Waals surface area contributed by atoms with Crippen LogP contribution in [0.4, 0.5) is 0 Å². The average molecular weight is 576 g/mol. The van der Waals surface area contributed by atoms with E-state index < -0.39 is 5.97 Å². The van der Waals surface area contributed by atoms with Gasteiger partial charge in [-0.1, -0.05) is 29.3 Å². The maximum atomic E-state index is 12.2. The van der Waals surface area contributed by atoms with Gasteiger partial charge in [-0.15, -0.1) is 11.3 Å². The number of carbonyl (C=O) groups is 1. The Morgan fingerprint density at radius 2 is 1.92 bits per heavy atom. The minimum atomic E-state index is -0.536. The molecule has 1 saturated heterocycles. The highest BCUT2D eigenvalue weighted by atomic mass is 35.5. The van der Waals surface area contributed by atoms with Gasteiger partial charge in [0.25, 0.3) is 0 Å². The lowest BCUT2D eigenvalue weighted by molar-refractivity contribution is 0.0565. The van der Waals surface area contributed by atoms with Gasteiger partial charge in [-0.3, -0.25) is 4.90 Å². The molecule has 0 amide bonds. The van der Waals surface area contributed by atoms with E-state index in [0.717, 1.165) is 54.3 Å². The number of carbonyl (C=O) groups excluding carboxylic acids is 1. The predicted octanol–water partition coefficient (Wildman–Crippen LogP) is 5.95. The molecule has 200 valence electrons. The van der Waals surface area contributed by atoms with Gasteiger partial charge < -0.3 is 18.8 Å². The number of likely N-dealkylation sites (N-methyl/N-ethyl adjacent to an activating group) is 1. The summed E-state index contributed by atoms with van der Waals surface area (Å²) < 4.78 is 16.9. The number of aromatic nitrogens is 2.